The van der Waals surface area contributed by atoms with Crippen LogP contribution in [0.1, 0.15) is 11.6 Å². The van der Waals surface area contributed by atoms with E-state index >= 15 is 0 Å². The van der Waals surface area contributed by atoms with Crippen LogP contribution < -0.4 is 15.5 Å². The van der Waals surface area contributed by atoms with E-state index in [0.29, 0.717) is 11.5 Å². The molecule has 1 fully saturated rings. The van der Waals surface area contributed by atoms with Gasteiger partial charge in [0.25, 0.3) is 0 Å². The van der Waals surface area contributed by atoms with Gasteiger partial charge in [0.15, 0.2) is 11.6 Å². The summed E-state index contributed by atoms with van der Waals surface area (Å²) < 4.78 is 14.5. The number of piperazine rings is 1. The molecule has 0 aliphatic carbocycles. The number of carbonyl (C=O) groups excluding carboxylic acids is 1. The van der Waals surface area contributed by atoms with Crippen LogP contribution >= 0.6 is 0 Å². The standard InChI is InChI=1S/C20H26FN7O/c1-26(2)12-16(14-5-3-4-6-15(14)21)27-7-9-28(10-8-27)20-18-19(23-13-24-20)22-11-17(29)25-18/h3-6,13,16H,7-12H2,1-2H3,(H,25,29)(H,22,23,24). The zero-order chi connectivity index (χ0) is 20.4. The van der Waals surface area contributed by atoms with E-state index < -0.39 is 0 Å². The maximum absolute atomic E-state index is 14.5. The number of hydrogen-bond acceptors (Lipinski definition) is 7. The third-order valence-electron chi connectivity index (χ3n) is 5.36. The van der Waals surface area contributed by atoms with Crippen molar-refractivity contribution in [2.24, 2.45) is 0 Å². The van der Waals surface area contributed by atoms with Gasteiger partial charge in [-0.1, -0.05) is 18.2 Å². The Morgan fingerprint density at radius 1 is 1.17 bits per heavy atom. The fraction of sp³-hybridized carbons (Fsp3) is 0.450. The lowest BCUT2D eigenvalue weighted by atomic mass is 10.0. The average Bonchev–Trinajstić information content (AvgIpc) is 2.72. The van der Waals surface area contributed by atoms with Gasteiger partial charge in [-0.2, -0.15) is 0 Å². The zero-order valence-electron chi connectivity index (χ0n) is 16.7. The summed E-state index contributed by atoms with van der Waals surface area (Å²) >= 11 is 0. The van der Waals surface area contributed by atoms with E-state index in [1.54, 1.807) is 6.07 Å². The number of likely N-dealkylation sites (N-methyl/N-ethyl adjacent to an activating group) is 1. The molecule has 0 spiro atoms. The van der Waals surface area contributed by atoms with E-state index in [0.717, 1.165) is 44.1 Å². The number of nitrogens with one attached hydrogen (secondary N) is 2. The Morgan fingerprint density at radius 2 is 1.93 bits per heavy atom. The molecule has 1 aromatic carbocycles. The summed E-state index contributed by atoms with van der Waals surface area (Å²) in [5.74, 6) is 1.11. The van der Waals surface area contributed by atoms with Gasteiger partial charge in [-0.15, -0.1) is 0 Å². The molecule has 1 amide bonds. The molecule has 0 radical (unpaired) electrons. The van der Waals surface area contributed by atoms with Crippen LogP contribution in [0.5, 0.6) is 0 Å². The fourth-order valence-corrected chi connectivity index (χ4v) is 3.96. The van der Waals surface area contributed by atoms with Crippen LogP contribution in [0.25, 0.3) is 0 Å². The third kappa shape index (κ3) is 4.15. The normalized spacial score (nSPS) is 18.2. The van der Waals surface area contributed by atoms with Gasteiger partial charge in [-0.05, 0) is 20.2 Å². The maximum Gasteiger partial charge on any atom is 0.243 e. The second kappa shape index (κ2) is 8.30. The molecule has 1 unspecified atom stereocenters. The second-order valence-electron chi connectivity index (χ2n) is 7.65. The van der Waals surface area contributed by atoms with E-state index in [-0.39, 0.29) is 24.3 Å². The number of carbonyl (C=O) groups is 1. The summed E-state index contributed by atoms with van der Waals surface area (Å²) in [4.78, 5) is 27.0. The van der Waals surface area contributed by atoms with Crippen LogP contribution in [0.4, 0.5) is 21.7 Å². The first-order chi connectivity index (χ1) is 14.0. The molecule has 3 heterocycles. The number of anilines is 3. The minimum absolute atomic E-state index is 0.0194. The van der Waals surface area contributed by atoms with Gasteiger partial charge < -0.3 is 20.4 Å². The van der Waals surface area contributed by atoms with Crippen LogP contribution in [0.2, 0.25) is 0 Å². The number of amides is 1. The molecule has 1 aromatic heterocycles. The predicted octanol–water partition coefficient (Wildman–Crippen LogP) is 1.40. The first-order valence-electron chi connectivity index (χ1n) is 9.80. The Bertz CT molecular complexity index is 883. The lowest BCUT2D eigenvalue weighted by Crippen LogP contribution is -2.50. The molecule has 2 aromatic rings. The smallest absolute Gasteiger partial charge is 0.243 e. The van der Waals surface area contributed by atoms with E-state index in [9.17, 15) is 9.18 Å². The number of aromatic nitrogens is 2. The average molecular weight is 399 g/mol. The number of rotatable bonds is 5. The fourth-order valence-electron chi connectivity index (χ4n) is 3.96. The molecular weight excluding hydrogens is 373 g/mol. The molecule has 1 saturated heterocycles. The molecule has 1 atom stereocenters. The molecular formula is C20H26FN7O. The number of halogens is 1. The first-order valence-corrected chi connectivity index (χ1v) is 9.80. The topological polar surface area (TPSA) is 76.6 Å². The first kappa shape index (κ1) is 19.5. The number of hydrogen-bond donors (Lipinski definition) is 2. The van der Waals surface area contributed by atoms with Crippen LogP contribution in [0, 0.1) is 5.82 Å². The molecule has 0 saturated carbocycles. The van der Waals surface area contributed by atoms with E-state index in [2.05, 4.69) is 35.3 Å². The summed E-state index contributed by atoms with van der Waals surface area (Å²) in [6.45, 7) is 3.96. The largest absolute Gasteiger partial charge is 0.359 e. The molecule has 2 N–H and O–H groups in total. The summed E-state index contributed by atoms with van der Waals surface area (Å²) in [5, 5.41) is 5.90. The highest BCUT2D eigenvalue weighted by molar-refractivity contribution is 6.02. The van der Waals surface area contributed by atoms with Crippen molar-refractivity contribution in [2.45, 2.75) is 6.04 Å². The van der Waals surface area contributed by atoms with E-state index in [1.807, 2.05) is 26.2 Å². The molecule has 0 bridgehead atoms. The Morgan fingerprint density at radius 3 is 2.66 bits per heavy atom. The number of nitrogens with zero attached hydrogens (tertiary/aromatic N) is 5. The van der Waals surface area contributed by atoms with Gasteiger partial charge in [0.2, 0.25) is 5.91 Å². The van der Waals surface area contributed by atoms with Crippen molar-refractivity contribution in [1.29, 1.82) is 0 Å². The van der Waals surface area contributed by atoms with Crippen molar-refractivity contribution in [3.63, 3.8) is 0 Å². The lowest BCUT2D eigenvalue weighted by molar-refractivity contribution is -0.114. The van der Waals surface area contributed by atoms with Crippen molar-refractivity contribution >= 4 is 23.2 Å². The van der Waals surface area contributed by atoms with E-state index in [4.69, 9.17) is 0 Å². The molecule has 4 rings (SSSR count). The highest BCUT2D eigenvalue weighted by atomic mass is 19.1. The van der Waals surface area contributed by atoms with Gasteiger partial charge >= 0.3 is 0 Å². The minimum atomic E-state index is -0.166. The number of benzene rings is 1. The molecule has 8 nitrogen and oxygen atoms in total. The highest BCUT2D eigenvalue weighted by Gasteiger charge is 2.30. The molecule has 9 heteroatoms. The summed E-state index contributed by atoms with van der Waals surface area (Å²) in [6, 6.07) is 6.99. The van der Waals surface area contributed by atoms with Crippen LogP contribution in [0.3, 0.4) is 0 Å². The highest BCUT2D eigenvalue weighted by Crippen LogP contribution is 2.33. The monoisotopic (exact) mass is 399 g/mol. The summed E-state index contributed by atoms with van der Waals surface area (Å²) in [6.07, 6.45) is 1.51. The Labute approximate surface area is 169 Å². The minimum Gasteiger partial charge on any atom is -0.359 e. The maximum atomic E-state index is 14.5. The van der Waals surface area contributed by atoms with E-state index in [1.165, 1.54) is 12.4 Å². The van der Waals surface area contributed by atoms with Gasteiger partial charge in [-0.3, -0.25) is 9.69 Å². The summed E-state index contributed by atoms with van der Waals surface area (Å²) in [5.41, 5.74) is 1.36. The van der Waals surface area contributed by atoms with Gasteiger partial charge in [-0.25, -0.2) is 14.4 Å². The lowest BCUT2D eigenvalue weighted by Gasteiger charge is -2.41. The number of fused-ring (bicyclic) bond motifs is 1. The molecule has 29 heavy (non-hydrogen) atoms. The zero-order valence-corrected chi connectivity index (χ0v) is 16.7. The predicted molar refractivity (Wildman–Crippen MR) is 111 cm³/mol. The van der Waals surface area contributed by atoms with Crippen molar-refractivity contribution in [3.8, 4) is 0 Å². The van der Waals surface area contributed by atoms with Crippen LogP contribution in [-0.2, 0) is 4.79 Å². The molecule has 154 valence electrons. The molecule has 2 aliphatic rings. The van der Waals surface area contributed by atoms with Gasteiger partial charge in [0.1, 0.15) is 17.8 Å². The Kier molecular flexibility index (Phi) is 5.59. The van der Waals surface area contributed by atoms with Gasteiger partial charge in [0.05, 0.1) is 12.6 Å². The van der Waals surface area contributed by atoms with Crippen molar-refractivity contribution in [3.05, 3.63) is 42.0 Å². The Hall–Kier alpha value is -2.78. The van der Waals surface area contributed by atoms with Crippen molar-refractivity contribution in [2.75, 3.05) is 68.9 Å². The SMILES string of the molecule is CN(C)CC(c1ccccc1F)N1CCN(c2ncnc3c2NC(=O)CN3)CC1. The Balaban J connectivity index is 1.51. The second-order valence-corrected chi connectivity index (χ2v) is 7.65. The van der Waals surface area contributed by atoms with Crippen LogP contribution in [0.15, 0.2) is 30.6 Å². The molecule has 2 aliphatic heterocycles. The van der Waals surface area contributed by atoms with Gasteiger partial charge in [0, 0.05) is 38.3 Å². The van der Waals surface area contributed by atoms with Crippen LogP contribution in [-0.4, -0.2) is 79.0 Å². The van der Waals surface area contributed by atoms with Crippen molar-refractivity contribution in [1.82, 2.24) is 19.8 Å². The third-order valence-corrected chi connectivity index (χ3v) is 5.36. The summed E-state index contributed by atoms with van der Waals surface area (Å²) in [7, 11) is 4.01. The quantitative estimate of drug-likeness (QED) is 0.787. The van der Waals surface area contributed by atoms with Crippen molar-refractivity contribution < 1.29 is 9.18 Å².